The average molecular weight is 696 g/mol. The topological polar surface area (TPSA) is 51.8 Å². The maximum absolute atomic E-state index is 6.21. The van der Waals surface area contributed by atoms with Crippen molar-refractivity contribution in [2.75, 3.05) is 0 Å². The minimum atomic E-state index is -0.493. The summed E-state index contributed by atoms with van der Waals surface area (Å²) >= 11 is 1.85. The van der Waals surface area contributed by atoms with Gasteiger partial charge in [-0.1, -0.05) is 157 Å². The summed E-state index contributed by atoms with van der Waals surface area (Å²) in [6.45, 7) is 0. The smallest absolute Gasteiger partial charge is 0.164 e. The Labute approximate surface area is 310 Å². The molecule has 53 heavy (non-hydrogen) atoms. The van der Waals surface area contributed by atoms with Crippen molar-refractivity contribution in [3.05, 3.63) is 198 Å². The van der Waals surface area contributed by atoms with Crippen LogP contribution >= 0.6 is 11.8 Å². The fourth-order valence-corrected chi connectivity index (χ4v) is 9.51. The Kier molecular flexibility index (Phi) is 6.67. The summed E-state index contributed by atoms with van der Waals surface area (Å²) in [5, 5.41) is 1.12. The van der Waals surface area contributed by atoms with E-state index in [1.165, 1.54) is 43.2 Å². The quantitative estimate of drug-likeness (QED) is 0.183. The van der Waals surface area contributed by atoms with Crippen molar-refractivity contribution in [2.45, 2.75) is 15.2 Å². The van der Waals surface area contributed by atoms with Crippen LogP contribution in [0.1, 0.15) is 22.3 Å². The zero-order valence-corrected chi connectivity index (χ0v) is 29.2. The molecule has 1 spiro atoms. The largest absolute Gasteiger partial charge is 0.464 e. The van der Waals surface area contributed by atoms with E-state index in [1.54, 1.807) is 6.26 Å². The highest BCUT2D eigenvalue weighted by atomic mass is 32.2. The van der Waals surface area contributed by atoms with Crippen LogP contribution in [0.15, 0.2) is 190 Å². The number of benzene rings is 7. The second-order valence-corrected chi connectivity index (χ2v) is 14.6. The fourth-order valence-electron chi connectivity index (χ4n) is 8.34. The molecule has 248 valence electrons. The highest BCUT2D eigenvalue weighted by molar-refractivity contribution is 7.99. The van der Waals surface area contributed by atoms with Crippen molar-refractivity contribution in [1.29, 1.82) is 0 Å². The maximum atomic E-state index is 6.21. The highest BCUT2D eigenvalue weighted by Gasteiger charge is 2.51. The Balaban J connectivity index is 1.07. The molecular weight excluding hydrogens is 667 g/mol. The zero-order chi connectivity index (χ0) is 34.9. The summed E-state index contributed by atoms with van der Waals surface area (Å²) in [5.74, 6) is 1.95. The molecule has 0 bridgehead atoms. The monoisotopic (exact) mass is 695 g/mol. The van der Waals surface area contributed by atoms with Gasteiger partial charge < -0.3 is 4.42 Å². The van der Waals surface area contributed by atoms with E-state index in [0.717, 1.165) is 38.8 Å². The summed E-state index contributed by atoms with van der Waals surface area (Å²) in [4.78, 5) is 17.3. The van der Waals surface area contributed by atoms with Crippen LogP contribution in [0.5, 0.6) is 0 Å². The molecule has 2 aromatic heterocycles. The van der Waals surface area contributed by atoms with Gasteiger partial charge in [0.2, 0.25) is 0 Å². The van der Waals surface area contributed by atoms with E-state index in [2.05, 4.69) is 109 Å². The molecule has 0 saturated carbocycles. The Morgan fingerprint density at radius 1 is 0.415 bits per heavy atom. The van der Waals surface area contributed by atoms with Crippen molar-refractivity contribution >= 4 is 22.7 Å². The van der Waals surface area contributed by atoms with Gasteiger partial charge >= 0.3 is 0 Å². The number of hydrogen-bond acceptors (Lipinski definition) is 5. The molecule has 4 nitrogen and oxygen atoms in total. The summed E-state index contributed by atoms with van der Waals surface area (Å²) in [5.41, 5.74) is 13.1. The van der Waals surface area contributed by atoms with Crippen LogP contribution < -0.4 is 0 Å². The third kappa shape index (κ3) is 4.54. The minimum Gasteiger partial charge on any atom is -0.464 e. The Hall–Kier alpha value is -6.56. The van der Waals surface area contributed by atoms with Crippen molar-refractivity contribution in [2.24, 2.45) is 0 Å². The summed E-state index contributed by atoms with van der Waals surface area (Å²) in [6.07, 6.45) is 1.81. The first-order valence-electron chi connectivity index (χ1n) is 17.8. The third-order valence-electron chi connectivity index (χ3n) is 10.7. The van der Waals surface area contributed by atoms with Crippen LogP contribution in [0.3, 0.4) is 0 Å². The van der Waals surface area contributed by atoms with E-state index in [4.69, 9.17) is 19.4 Å². The van der Waals surface area contributed by atoms with Crippen molar-refractivity contribution in [3.63, 3.8) is 0 Å². The van der Waals surface area contributed by atoms with Crippen LogP contribution in [-0.2, 0) is 5.41 Å². The van der Waals surface area contributed by atoms with Gasteiger partial charge in [-0.05, 0) is 63.2 Å². The number of nitrogens with zero attached hydrogens (tertiary/aromatic N) is 3. The standard InChI is InChI=1S/C48H29N3OS/c1-3-11-32(12-4-1)45-49-46(33-13-5-2-6-14-33)51-47(50-45)34-21-19-30(20-22-34)35-24-26-42-40(29-35)48(38-17-9-10-18-41(38)53-42)37-16-8-7-15-36(37)43-39(48)25-23-31-27-28-52-44(31)43/h1-29H. The Morgan fingerprint density at radius 2 is 0.981 bits per heavy atom. The van der Waals surface area contributed by atoms with Gasteiger partial charge in [0.05, 0.1) is 11.7 Å². The van der Waals surface area contributed by atoms with Gasteiger partial charge in [-0.25, -0.2) is 15.0 Å². The number of hydrogen-bond donors (Lipinski definition) is 0. The first-order valence-corrected chi connectivity index (χ1v) is 18.6. The van der Waals surface area contributed by atoms with Crippen LogP contribution in [0.25, 0.3) is 67.4 Å². The maximum Gasteiger partial charge on any atom is 0.164 e. The van der Waals surface area contributed by atoms with E-state index in [9.17, 15) is 0 Å². The van der Waals surface area contributed by atoms with Gasteiger partial charge in [-0.3, -0.25) is 0 Å². The molecule has 0 radical (unpaired) electrons. The van der Waals surface area contributed by atoms with Crippen LogP contribution in [0, 0.1) is 0 Å². The molecule has 0 saturated heterocycles. The molecule has 1 aliphatic heterocycles. The van der Waals surface area contributed by atoms with Gasteiger partial charge in [0.1, 0.15) is 5.58 Å². The molecule has 1 unspecified atom stereocenters. The highest BCUT2D eigenvalue weighted by Crippen LogP contribution is 2.63. The van der Waals surface area contributed by atoms with E-state index in [-0.39, 0.29) is 0 Å². The molecule has 5 heteroatoms. The Bertz CT molecular complexity index is 2810. The van der Waals surface area contributed by atoms with Gasteiger partial charge in [-0.15, -0.1) is 0 Å². The molecule has 2 aliphatic rings. The lowest BCUT2D eigenvalue weighted by atomic mass is 9.67. The molecule has 1 aliphatic carbocycles. The van der Waals surface area contributed by atoms with Gasteiger partial charge in [0, 0.05) is 37.4 Å². The van der Waals surface area contributed by atoms with E-state index in [0.29, 0.717) is 17.5 Å². The van der Waals surface area contributed by atoms with Gasteiger partial charge in [-0.2, -0.15) is 0 Å². The normalized spacial score (nSPS) is 15.2. The number of rotatable bonds is 4. The molecule has 7 aromatic carbocycles. The molecule has 3 heterocycles. The lowest BCUT2D eigenvalue weighted by Crippen LogP contribution is -2.32. The second-order valence-electron chi connectivity index (χ2n) is 13.5. The van der Waals surface area contributed by atoms with E-state index >= 15 is 0 Å². The second kappa shape index (κ2) is 11.7. The first kappa shape index (κ1) is 30.1. The minimum absolute atomic E-state index is 0.493. The number of fused-ring (bicyclic) bond motifs is 11. The predicted octanol–water partition coefficient (Wildman–Crippen LogP) is 12.1. The van der Waals surface area contributed by atoms with Crippen molar-refractivity contribution < 1.29 is 4.42 Å². The summed E-state index contributed by atoms with van der Waals surface area (Å²) in [6, 6.07) is 60.2. The predicted molar refractivity (Wildman–Crippen MR) is 213 cm³/mol. The van der Waals surface area contributed by atoms with Crippen LogP contribution in [0.4, 0.5) is 0 Å². The molecular formula is C48H29N3OS. The third-order valence-corrected chi connectivity index (χ3v) is 11.8. The molecule has 0 amide bonds. The number of furan rings is 1. The summed E-state index contributed by atoms with van der Waals surface area (Å²) in [7, 11) is 0. The average Bonchev–Trinajstić information content (AvgIpc) is 3.83. The first-order chi connectivity index (χ1) is 26.3. The molecule has 9 aromatic rings. The Morgan fingerprint density at radius 3 is 1.70 bits per heavy atom. The van der Waals surface area contributed by atoms with Crippen molar-refractivity contribution in [3.8, 4) is 56.4 Å². The zero-order valence-electron chi connectivity index (χ0n) is 28.4. The lowest BCUT2D eigenvalue weighted by Gasteiger charge is -2.40. The van der Waals surface area contributed by atoms with Crippen molar-refractivity contribution in [1.82, 2.24) is 15.0 Å². The molecule has 11 rings (SSSR count). The molecule has 0 fully saturated rings. The van der Waals surface area contributed by atoms with Crippen LogP contribution in [-0.4, -0.2) is 15.0 Å². The van der Waals surface area contributed by atoms with Gasteiger partial charge in [0.25, 0.3) is 0 Å². The van der Waals surface area contributed by atoms with E-state index < -0.39 is 5.41 Å². The van der Waals surface area contributed by atoms with Gasteiger partial charge in [0.15, 0.2) is 17.5 Å². The lowest BCUT2D eigenvalue weighted by molar-refractivity contribution is 0.616. The fraction of sp³-hybridized carbons (Fsp3) is 0.0208. The summed E-state index contributed by atoms with van der Waals surface area (Å²) < 4.78 is 6.21. The van der Waals surface area contributed by atoms with E-state index in [1.807, 2.05) is 72.4 Å². The SMILES string of the molecule is c1ccc(-c2nc(-c3ccccc3)nc(-c3ccc(-c4ccc5c(c4)C4(c6ccccc6S5)c5ccccc5-c5c4ccc4ccoc54)cc3)n2)cc1. The molecule has 0 N–H and O–H groups in total. The van der Waals surface area contributed by atoms with Crippen LogP contribution in [0.2, 0.25) is 0 Å². The number of aromatic nitrogens is 3. The molecule has 1 atom stereocenters.